The largest absolute Gasteiger partial charge is 0.321 e. The van der Waals surface area contributed by atoms with E-state index in [1.165, 1.54) is 6.08 Å². The van der Waals surface area contributed by atoms with Crippen molar-refractivity contribution in [3.8, 4) is 0 Å². The van der Waals surface area contributed by atoms with Crippen molar-refractivity contribution >= 4 is 40.9 Å². The van der Waals surface area contributed by atoms with Gasteiger partial charge < -0.3 is 5.32 Å². The predicted molar refractivity (Wildman–Crippen MR) is 77.3 cm³/mol. The van der Waals surface area contributed by atoms with Crippen LogP contribution in [0.1, 0.15) is 5.56 Å². The summed E-state index contributed by atoms with van der Waals surface area (Å²) in [5.74, 6) is -0.284. The number of hydrogen-bond donors (Lipinski definition) is 1. The number of carbonyl (C=O) groups excluding carboxylic acids is 1. The number of aromatic nitrogens is 2. The molecule has 0 aliphatic heterocycles. The minimum absolute atomic E-state index is 0.284. The zero-order chi connectivity index (χ0) is 13.8. The van der Waals surface area contributed by atoms with E-state index in [0.29, 0.717) is 15.7 Å². The molecule has 0 radical (unpaired) electrons. The third-order valence-corrected chi connectivity index (χ3v) is 2.90. The second-order valence-electron chi connectivity index (χ2n) is 3.89. The van der Waals surface area contributed by atoms with Crippen LogP contribution in [0.5, 0.6) is 0 Å². The molecule has 1 heterocycles. The molecule has 1 aromatic heterocycles. The van der Waals surface area contributed by atoms with Crippen molar-refractivity contribution in [3.05, 3.63) is 52.3 Å². The van der Waals surface area contributed by atoms with Crippen LogP contribution < -0.4 is 5.32 Å². The van der Waals surface area contributed by atoms with Gasteiger partial charge in [-0.25, -0.2) is 0 Å². The Morgan fingerprint density at radius 1 is 1.42 bits per heavy atom. The van der Waals surface area contributed by atoms with Crippen LogP contribution in [-0.4, -0.2) is 15.7 Å². The SMILES string of the molecule is Cn1cc(C=CC(=O)Nc2cc(Cl)ccc2Cl)cn1. The number of benzene rings is 1. The lowest BCUT2D eigenvalue weighted by Gasteiger charge is -2.04. The molecule has 0 spiro atoms. The highest BCUT2D eigenvalue weighted by Crippen LogP contribution is 2.25. The molecular formula is C13H11Cl2N3O. The van der Waals surface area contributed by atoms with Crippen LogP contribution in [0.15, 0.2) is 36.7 Å². The van der Waals surface area contributed by atoms with Gasteiger partial charge in [0.15, 0.2) is 0 Å². The molecule has 1 N–H and O–H groups in total. The summed E-state index contributed by atoms with van der Waals surface area (Å²) in [6, 6.07) is 4.88. The number of halogens is 2. The number of rotatable bonds is 3. The first-order valence-electron chi connectivity index (χ1n) is 5.47. The van der Waals surface area contributed by atoms with Gasteiger partial charge in [-0.05, 0) is 24.3 Å². The molecule has 0 aliphatic rings. The van der Waals surface area contributed by atoms with Crippen LogP contribution in [0.25, 0.3) is 6.08 Å². The van der Waals surface area contributed by atoms with Crippen LogP contribution in [0, 0.1) is 0 Å². The molecule has 0 saturated carbocycles. The van der Waals surface area contributed by atoms with E-state index in [9.17, 15) is 4.79 Å². The molecule has 0 saturated heterocycles. The van der Waals surface area contributed by atoms with E-state index >= 15 is 0 Å². The van der Waals surface area contributed by atoms with Crippen molar-refractivity contribution in [2.24, 2.45) is 7.05 Å². The van der Waals surface area contributed by atoms with Gasteiger partial charge in [-0.3, -0.25) is 9.48 Å². The maximum Gasteiger partial charge on any atom is 0.248 e. The Hall–Kier alpha value is -1.78. The minimum atomic E-state index is -0.284. The average molecular weight is 296 g/mol. The molecule has 0 atom stereocenters. The van der Waals surface area contributed by atoms with Crippen molar-refractivity contribution < 1.29 is 4.79 Å². The number of amides is 1. The second kappa shape index (κ2) is 5.91. The zero-order valence-corrected chi connectivity index (χ0v) is 11.6. The molecule has 1 amide bonds. The number of aryl methyl sites for hydroxylation is 1. The summed E-state index contributed by atoms with van der Waals surface area (Å²) in [4.78, 5) is 11.7. The second-order valence-corrected chi connectivity index (χ2v) is 4.74. The molecule has 2 rings (SSSR count). The first-order chi connectivity index (χ1) is 9.04. The number of nitrogens with one attached hydrogen (secondary N) is 1. The highest BCUT2D eigenvalue weighted by molar-refractivity contribution is 6.35. The molecule has 2 aromatic rings. The van der Waals surface area contributed by atoms with E-state index in [0.717, 1.165) is 5.56 Å². The van der Waals surface area contributed by atoms with Gasteiger partial charge in [0.25, 0.3) is 0 Å². The van der Waals surface area contributed by atoms with Crippen LogP contribution in [0.3, 0.4) is 0 Å². The summed E-state index contributed by atoms with van der Waals surface area (Å²) in [7, 11) is 1.81. The Bertz CT molecular complexity index is 635. The number of nitrogens with zero attached hydrogens (tertiary/aromatic N) is 2. The Morgan fingerprint density at radius 2 is 2.21 bits per heavy atom. The maximum absolute atomic E-state index is 11.7. The quantitative estimate of drug-likeness (QED) is 0.883. The number of hydrogen-bond acceptors (Lipinski definition) is 2. The number of anilines is 1. The van der Waals surface area contributed by atoms with E-state index in [-0.39, 0.29) is 5.91 Å². The summed E-state index contributed by atoms with van der Waals surface area (Å²) in [5, 5.41) is 7.61. The van der Waals surface area contributed by atoms with Gasteiger partial charge >= 0.3 is 0 Å². The Morgan fingerprint density at radius 3 is 2.89 bits per heavy atom. The first kappa shape index (κ1) is 13.6. The lowest BCUT2D eigenvalue weighted by molar-refractivity contribution is -0.111. The van der Waals surface area contributed by atoms with Crippen molar-refractivity contribution in [2.45, 2.75) is 0 Å². The fourth-order valence-corrected chi connectivity index (χ4v) is 1.80. The zero-order valence-electron chi connectivity index (χ0n) is 10.1. The molecule has 0 aliphatic carbocycles. The van der Waals surface area contributed by atoms with Gasteiger partial charge in [-0.15, -0.1) is 0 Å². The van der Waals surface area contributed by atoms with Crippen LogP contribution in [0.2, 0.25) is 10.0 Å². The van der Waals surface area contributed by atoms with Crippen molar-refractivity contribution in [3.63, 3.8) is 0 Å². The molecular weight excluding hydrogens is 285 g/mol. The fraction of sp³-hybridized carbons (Fsp3) is 0.0769. The van der Waals surface area contributed by atoms with Crippen LogP contribution >= 0.6 is 23.2 Å². The molecule has 0 unspecified atom stereocenters. The molecule has 19 heavy (non-hydrogen) atoms. The van der Waals surface area contributed by atoms with E-state index in [4.69, 9.17) is 23.2 Å². The normalized spacial score (nSPS) is 10.9. The third kappa shape index (κ3) is 3.84. The summed E-state index contributed by atoms with van der Waals surface area (Å²) < 4.78 is 1.66. The number of carbonyl (C=O) groups is 1. The van der Waals surface area contributed by atoms with Gasteiger partial charge in [0.1, 0.15) is 0 Å². The molecule has 4 nitrogen and oxygen atoms in total. The highest BCUT2D eigenvalue weighted by atomic mass is 35.5. The predicted octanol–water partition coefficient (Wildman–Crippen LogP) is 3.38. The smallest absolute Gasteiger partial charge is 0.248 e. The van der Waals surface area contributed by atoms with Crippen LogP contribution in [-0.2, 0) is 11.8 Å². The third-order valence-electron chi connectivity index (χ3n) is 2.34. The average Bonchev–Trinajstić information content (AvgIpc) is 2.77. The van der Waals surface area contributed by atoms with E-state index in [1.54, 1.807) is 41.4 Å². The highest BCUT2D eigenvalue weighted by Gasteiger charge is 2.04. The summed E-state index contributed by atoms with van der Waals surface area (Å²) >= 11 is 11.8. The van der Waals surface area contributed by atoms with E-state index in [1.807, 2.05) is 7.05 Å². The van der Waals surface area contributed by atoms with Gasteiger partial charge in [-0.2, -0.15) is 5.10 Å². The molecule has 98 valence electrons. The van der Waals surface area contributed by atoms with Crippen molar-refractivity contribution in [1.82, 2.24) is 9.78 Å². The Balaban J connectivity index is 2.05. The molecule has 0 fully saturated rings. The van der Waals surface area contributed by atoms with E-state index in [2.05, 4.69) is 10.4 Å². The monoisotopic (exact) mass is 295 g/mol. The fourth-order valence-electron chi connectivity index (χ4n) is 1.47. The van der Waals surface area contributed by atoms with Gasteiger partial charge in [0, 0.05) is 29.9 Å². The lowest BCUT2D eigenvalue weighted by atomic mass is 10.3. The van der Waals surface area contributed by atoms with E-state index < -0.39 is 0 Å². The van der Waals surface area contributed by atoms with Crippen molar-refractivity contribution in [1.29, 1.82) is 0 Å². The van der Waals surface area contributed by atoms with Gasteiger partial charge in [0.2, 0.25) is 5.91 Å². The molecule has 6 heteroatoms. The maximum atomic E-state index is 11.7. The minimum Gasteiger partial charge on any atom is -0.321 e. The summed E-state index contributed by atoms with van der Waals surface area (Å²) in [5.41, 5.74) is 1.32. The Kier molecular flexibility index (Phi) is 4.24. The molecule has 1 aromatic carbocycles. The van der Waals surface area contributed by atoms with Crippen molar-refractivity contribution in [2.75, 3.05) is 5.32 Å². The molecule has 0 bridgehead atoms. The summed E-state index contributed by atoms with van der Waals surface area (Å²) in [6.07, 6.45) is 6.54. The first-order valence-corrected chi connectivity index (χ1v) is 6.23. The van der Waals surface area contributed by atoms with Crippen LogP contribution in [0.4, 0.5) is 5.69 Å². The van der Waals surface area contributed by atoms with Gasteiger partial charge in [0.05, 0.1) is 16.9 Å². The standard InChI is InChI=1S/C13H11Cl2N3O/c1-18-8-9(7-16-18)2-5-13(19)17-12-6-10(14)3-4-11(12)15/h2-8H,1H3,(H,17,19). The van der Waals surface area contributed by atoms with Gasteiger partial charge in [-0.1, -0.05) is 23.2 Å². The topological polar surface area (TPSA) is 46.9 Å². The lowest BCUT2D eigenvalue weighted by Crippen LogP contribution is -2.08. The Labute approximate surface area is 120 Å². The summed E-state index contributed by atoms with van der Waals surface area (Å²) in [6.45, 7) is 0.